The largest absolute Gasteiger partial charge is 0.341 e. The maximum atomic E-state index is 12.5. The van der Waals surface area contributed by atoms with E-state index in [1.165, 1.54) is 31.9 Å². The number of hydrogen-bond acceptors (Lipinski definition) is 5. The number of rotatable bonds is 4. The molecule has 2 atom stereocenters. The Bertz CT molecular complexity index is 856. The molecule has 2 aromatic rings. The molecule has 1 aliphatic heterocycles. The van der Waals surface area contributed by atoms with Crippen LogP contribution in [-0.2, 0) is 4.79 Å². The second-order valence-electron chi connectivity index (χ2n) is 7.89. The number of aromatic nitrogens is 1. The van der Waals surface area contributed by atoms with Crippen LogP contribution < -0.4 is 11.1 Å². The highest BCUT2D eigenvalue weighted by molar-refractivity contribution is 5.87. The van der Waals surface area contributed by atoms with Crippen LogP contribution >= 0.6 is 0 Å². The smallest absolute Gasteiger partial charge is 0.236 e. The molecule has 4 rings (SSSR count). The molecule has 1 amide bonds. The summed E-state index contributed by atoms with van der Waals surface area (Å²) in [4.78, 5) is 18.8. The van der Waals surface area contributed by atoms with E-state index in [0.29, 0.717) is 18.0 Å². The molecule has 1 aliphatic carbocycles. The van der Waals surface area contributed by atoms with E-state index in [0.717, 1.165) is 37.0 Å². The Morgan fingerprint density at radius 1 is 1.27 bits per heavy atom. The Labute approximate surface area is 180 Å². The lowest BCUT2D eigenvalue weighted by atomic mass is 9.83. The molecule has 2 aliphatic rings. The van der Waals surface area contributed by atoms with Gasteiger partial charge in [-0.05, 0) is 43.6 Å². The summed E-state index contributed by atoms with van der Waals surface area (Å²) in [6.45, 7) is 6.93. The highest BCUT2D eigenvalue weighted by Crippen LogP contribution is 2.34. The summed E-state index contributed by atoms with van der Waals surface area (Å²) in [5, 5.41) is 13.5. The molecule has 6 heteroatoms. The number of nitrogens with zero attached hydrogens (tertiary/aromatic N) is 3. The van der Waals surface area contributed by atoms with Crippen LogP contribution in [0.25, 0.3) is 10.9 Å². The molecular formula is C24H35N5O. The van der Waals surface area contributed by atoms with Gasteiger partial charge < -0.3 is 16.0 Å². The Hall–Kier alpha value is -2.49. The van der Waals surface area contributed by atoms with E-state index in [1.54, 1.807) is 6.20 Å². The number of hydrogen-bond donors (Lipinski definition) is 2. The third kappa shape index (κ3) is 6.51. The van der Waals surface area contributed by atoms with Crippen LogP contribution in [0.2, 0.25) is 0 Å². The number of pyridine rings is 1. The molecule has 1 aromatic heterocycles. The number of carbonyl (C=O) groups is 1. The van der Waals surface area contributed by atoms with Crippen LogP contribution in [0.3, 0.4) is 0 Å². The fourth-order valence-corrected chi connectivity index (χ4v) is 3.77. The quantitative estimate of drug-likeness (QED) is 0.807. The first-order chi connectivity index (χ1) is 14.6. The summed E-state index contributed by atoms with van der Waals surface area (Å²) >= 11 is 0. The van der Waals surface area contributed by atoms with Crippen LogP contribution in [0.1, 0.15) is 56.6 Å². The zero-order valence-electron chi connectivity index (χ0n) is 18.5. The number of fused-ring (bicyclic) bond motifs is 1. The first kappa shape index (κ1) is 23.8. The van der Waals surface area contributed by atoms with E-state index < -0.39 is 0 Å². The number of piperidine rings is 1. The topological polar surface area (TPSA) is 95.0 Å². The van der Waals surface area contributed by atoms with Crippen molar-refractivity contribution in [3.8, 4) is 6.07 Å². The lowest BCUT2D eigenvalue weighted by Crippen LogP contribution is -2.46. The van der Waals surface area contributed by atoms with Crippen molar-refractivity contribution in [1.29, 1.82) is 5.26 Å². The van der Waals surface area contributed by atoms with Crippen molar-refractivity contribution >= 4 is 16.8 Å². The SMILES string of the molecule is C1CC1.CCNCC(=O)N1CC(C)CC(c2ccc(C#N)c3ncccc23)C1.CN. The number of nitrogens with one attached hydrogen (secondary N) is 1. The molecule has 2 fully saturated rings. The molecular weight excluding hydrogens is 374 g/mol. The maximum absolute atomic E-state index is 12.5. The second kappa shape index (κ2) is 12.3. The molecule has 1 saturated heterocycles. The lowest BCUT2D eigenvalue weighted by Gasteiger charge is -2.37. The summed E-state index contributed by atoms with van der Waals surface area (Å²) in [6, 6.07) is 10.1. The third-order valence-electron chi connectivity index (χ3n) is 5.26. The molecule has 0 spiro atoms. The van der Waals surface area contributed by atoms with Crippen molar-refractivity contribution in [3.63, 3.8) is 0 Å². The minimum atomic E-state index is 0.162. The lowest BCUT2D eigenvalue weighted by molar-refractivity contribution is -0.132. The van der Waals surface area contributed by atoms with Gasteiger partial charge in [-0.25, -0.2) is 0 Å². The Morgan fingerprint density at radius 3 is 2.63 bits per heavy atom. The van der Waals surface area contributed by atoms with Gasteiger partial charge in [0.25, 0.3) is 0 Å². The number of amides is 1. The highest BCUT2D eigenvalue weighted by Gasteiger charge is 2.29. The molecule has 3 N–H and O–H groups in total. The second-order valence-corrected chi connectivity index (χ2v) is 7.89. The number of carbonyl (C=O) groups excluding carboxylic acids is 1. The summed E-state index contributed by atoms with van der Waals surface area (Å²) in [5.41, 5.74) is 7.05. The molecule has 0 radical (unpaired) electrons. The minimum absolute atomic E-state index is 0.162. The molecule has 6 nitrogen and oxygen atoms in total. The molecule has 1 saturated carbocycles. The summed E-state index contributed by atoms with van der Waals surface area (Å²) in [6.07, 6.45) is 7.27. The van der Waals surface area contributed by atoms with Crippen LogP contribution in [0.15, 0.2) is 30.5 Å². The fourth-order valence-electron chi connectivity index (χ4n) is 3.77. The molecule has 2 unspecified atom stereocenters. The van der Waals surface area contributed by atoms with Crippen molar-refractivity contribution < 1.29 is 4.79 Å². The minimum Gasteiger partial charge on any atom is -0.341 e. The zero-order valence-corrected chi connectivity index (χ0v) is 18.5. The van der Waals surface area contributed by atoms with E-state index >= 15 is 0 Å². The summed E-state index contributed by atoms with van der Waals surface area (Å²) < 4.78 is 0. The number of nitriles is 1. The average Bonchev–Trinajstić information content (AvgIpc) is 3.67. The van der Waals surface area contributed by atoms with Crippen LogP contribution in [0.4, 0.5) is 0 Å². The number of nitrogens with two attached hydrogens (primary N) is 1. The first-order valence-corrected chi connectivity index (χ1v) is 11.0. The monoisotopic (exact) mass is 409 g/mol. The zero-order chi connectivity index (χ0) is 21.9. The Balaban J connectivity index is 0.000000573. The Morgan fingerprint density at radius 2 is 2.00 bits per heavy atom. The average molecular weight is 410 g/mol. The van der Waals surface area contributed by atoms with Gasteiger partial charge in [-0.3, -0.25) is 9.78 Å². The van der Waals surface area contributed by atoms with Gasteiger partial charge in [-0.1, -0.05) is 45.2 Å². The van der Waals surface area contributed by atoms with Gasteiger partial charge in [0.2, 0.25) is 5.91 Å². The van der Waals surface area contributed by atoms with Crippen molar-refractivity contribution in [3.05, 3.63) is 41.6 Å². The first-order valence-electron chi connectivity index (χ1n) is 11.0. The van der Waals surface area contributed by atoms with E-state index in [-0.39, 0.29) is 11.8 Å². The normalized spacial score (nSPS) is 19.6. The number of likely N-dealkylation sites (N-methyl/N-ethyl adjacent to an activating group) is 1. The predicted molar refractivity (Wildman–Crippen MR) is 122 cm³/mol. The van der Waals surface area contributed by atoms with Crippen molar-refractivity contribution in [2.75, 3.05) is 33.2 Å². The van der Waals surface area contributed by atoms with Gasteiger partial charge >= 0.3 is 0 Å². The molecule has 0 bridgehead atoms. The van der Waals surface area contributed by atoms with Gasteiger partial charge in [0.15, 0.2) is 0 Å². The van der Waals surface area contributed by atoms with Crippen LogP contribution in [-0.4, -0.2) is 49.0 Å². The van der Waals surface area contributed by atoms with Crippen molar-refractivity contribution in [2.45, 2.75) is 45.4 Å². The van der Waals surface area contributed by atoms with Crippen LogP contribution in [0.5, 0.6) is 0 Å². The van der Waals surface area contributed by atoms with Gasteiger partial charge in [-0.2, -0.15) is 5.26 Å². The Kier molecular flexibility index (Phi) is 9.72. The predicted octanol–water partition coefficient (Wildman–Crippen LogP) is 3.41. The van der Waals surface area contributed by atoms with Gasteiger partial charge in [0.05, 0.1) is 17.6 Å². The van der Waals surface area contributed by atoms with E-state index in [1.807, 2.05) is 36.1 Å². The number of benzene rings is 1. The van der Waals surface area contributed by atoms with Gasteiger partial charge in [-0.15, -0.1) is 0 Å². The van der Waals surface area contributed by atoms with Crippen molar-refractivity contribution in [2.24, 2.45) is 11.7 Å². The highest BCUT2D eigenvalue weighted by atomic mass is 16.2. The third-order valence-corrected chi connectivity index (χ3v) is 5.26. The molecule has 162 valence electrons. The molecule has 30 heavy (non-hydrogen) atoms. The van der Waals surface area contributed by atoms with E-state index in [9.17, 15) is 10.1 Å². The van der Waals surface area contributed by atoms with Crippen LogP contribution in [0, 0.1) is 17.2 Å². The fraction of sp³-hybridized carbons (Fsp3) is 0.542. The maximum Gasteiger partial charge on any atom is 0.236 e. The van der Waals surface area contributed by atoms with Gasteiger partial charge in [0.1, 0.15) is 6.07 Å². The standard InChI is InChI=1S/C20H24N4O.C3H6.CH5N/c1-3-22-11-19(25)24-12-14(2)9-16(13-24)17-7-6-15(10-21)20-18(17)5-4-8-23-20;1-2-3-1;1-2/h4-8,14,16,22H,3,9,11-13H2,1-2H3;1-3H2;2H2,1H3. The summed E-state index contributed by atoms with van der Waals surface area (Å²) in [7, 11) is 1.50. The van der Waals surface area contributed by atoms with E-state index in [2.05, 4.69) is 29.0 Å². The van der Waals surface area contributed by atoms with Gasteiger partial charge in [0, 0.05) is 30.6 Å². The van der Waals surface area contributed by atoms with Crippen molar-refractivity contribution in [1.82, 2.24) is 15.2 Å². The molecule has 1 aromatic carbocycles. The van der Waals surface area contributed by atoms with E-state index in [4.69, 9.17) is 0 Å². The summed E-state index contributed by atoms with van der Waals surface area (Å²) in [5.74, 6) is 0.884. The molecule has 2 heterocycles. The number of likely N-dealkylation sites (tertiary alicyclic amines) is 1.